The van der Waals surface area contributed by atoms with Crippen LogP contribution in [0, 0.1) is 17.6 Å². The lowest BCUT2D eigenvalue weighted by Crippen LogP contribution is -2.22. The fourth-order valence-corrected chi connectivity index (χ4v) is 2.40. The van der Waals surface area contributed by atoms with Crippen molar-refractivity contribution in [3.8, 4) is 0 Å². The number of halogens is 2. The molecule has 0 fully saturated rings. The maximum Gasteiger partial charge on any atom is 0.140 e. The number of rotatable bonds is 7. The molecule has 108 valence electrons. The van der Waals surface area contributed by atoms with Gasteiger partial charge in [-0.1, -0.05) is 20.8 Å². The van der Waals surface area contributed by atoms with E-state index >= 15 is 0 Å². The van der Waals surface area contributed by atoms with Gasteiger partial charge < -0.3 is 10.4 Å². The van der Waals surface area contributed by atoms with Crippen LogP contribution in [0.1, 0.15) is 26.3 Å². The van der Waals surface area contributed by atoms with E-state index in [4.69, 9.17) is 5.11 Å². The molecule has 0 aromatic heterocycles. The molecule has 0 aliphatic rings. The average Bonchev–Trinajstić information content (AvgIpc) is 2.34. The highest BCUT2D eigenvalue weighted by atomic mass is 32.2. The third-order valence-corrected chi connectivity index (χ3v) is 4.01. The molecule has 0 bridgehead atoms. The van der Waals surface area contributed by atoms with Gasteiger partial charge in [-0.05, 0) is 23.6 Å². The lowest BCUT2D eigenvalue weighted by Gasteiger charge is -2.12. The first-order valence-electron chi connectivity index (χ1n) is 6.39. The molecule has 0 radical (unpaired) electrons. The summed E-state index contributed by atoms with van der Waals surface area (Å²) in [4.78, 5) is 0.0357. The largest absolute Gasteiger partial charge is 0.396 e. The van der Waals surface area contributed by atoms with E-state index in [9.17, 15) is 8.78 Å². The van der Waals surface area contributed by atoms with E-state index in [1.54, 1.807) is 0 Å². The van der Waals surface area contributed by atoms with Crippen molar-refractivity contribution in [2.24, 2.45) is 5.92 Å². The number of aliphatic hydroxyl groups excluding tert-OH is 1. The van der Waals surface area contributed by atoms with Crippen molar-refractivity contribution < 1.29 is 13.9 Å². The lowest BCUT2D eigenvalue weighted by atomic mass is 10.2. The van der Waals surface area contributed by atoms with Crippen LogP contribution in [-0.4, -0.2) is 23.5 Å². The van der Waals surface area contributed by atoms with Crippen molar-refractivity contribution in [3.05, 3.63) is 29.3 Å². The maximum absolute atomic E-state index is 13.8. The zero-order valence-electron chi connectivity index (χ0n) is 11.5. The van der Waals surface area contributed by atoms with Gasteiger partial charge in [0, 0.05) is 24.9 Å². The Hall–Kier alpha value is -0.650. The number of benzene rings is 1. The van der Waals surface area contributed by atoms with Crippen LogP contribution in [0.3, 0.4) is 0 Å². The molecule has 1 rings (SSSR count). The zero-order chi connectivity index (χ0) is 14.4. The van der Waals surface area contributed by atoms with E-state index in [-0.39, 0.29) is 23.5 Å². The highest BCUT2D eigenvalue weighted by Gasteiger charge is 2.13. The Kier molecular flexibility index (Phi) is 6.75. The van der Waals surface area contributed by atoms with Crippen LogP contribution in [0.5, 0.6) is 0 Å². The highest BCUT2D eigenvalue weighted by Crippen LogP contribution is 2.28. The van der Waals surface area contributed by atoms with Gasteiger partial charge in [0.05, 0.1) is 4.90 Å². The second kappa shape index (κ2) is 7.82. The van der Waals surface area contributed by atoms with E-state index in [1.807, 2.05) is 20.8 Å². The quantitative estimate of drug-likeness (QED) is 0.756. The van der Waals surface area contributed by atoms with Crippen LogP contribution in [0.4, 0.5) is 8.78 Å². The summed E-state index contributed by atoms with van der Waals surface area (Å²) in [6.45, 7) is 6.26. The number of hydrogen-bond acceptors (Lipinski definition) is 3. The van der Waals surface area contributed by atoms with Gasteiger partial charge in [-0.15, -0.1) is 11.8 Å². The SMILES string of the molecule is CC(CO)CSc1c(F)cc(CNC(C)C)cc1F. The maximum atomic E-state index is 13.8. The van der Waals surface area contributed by atoms with Gasteiger partial charge >= 0.3 is 0 Å². The predicted octanol–water partition coefficient (Wildman–Crippen LogP) is 3.18. The first-order chi connectivity index (χ1) is 8.93. The van der Waals surface area contributed by atoms with Crippen LogP contribution in [0.15, 0.2) is 17.0 Å². The van der Waals surface area contributed by atoms with Gasteiger partial charge in [-0.2, -0.15) is 0 Å². The topological polar surface area (TPSA) is 32.3 Å². The smallest absolute Gasteiger partial charge is 0.140 e. The molecule has 0 aliphatic heterocycles. The third kappa shape index (κ3) is 5.47. The minimum absolute atomic E-state index is 0.0195. The summed E-state index contributed by atoms with van der Waals surface area (Å²) in [5, 5.41) is 12.0. The van der Waals surface area contributed by atoms with E-state index in [0.717, 1.165) is 11.8 Å². The Morgan fingerprint density at radius 1 is 1.21 bits per heavy atom. The van der Waals surface area contributed by atoms with Crippen LogP contribution >= 0.6 is 11.8 Å². The fraction of sp³-hybridized carbons (Fsp3) is 0.571. The summed E-state index contributed by atoms with van der Waals surface area (Å²) < 4.78 is 27.7. The van der Waals surface area contributed by atoms with E-state index in [0.29, 0.717) is 17.9 Å². The van der Waals surface area contributed by atoms with Crippen molar-refractivity contribution in [1.82, 2.24) is 5.32 Å². The fourth-order valence-electron chi connectivity index (χ4n) is 1.45. The zero-order valence-corrected chi connectivity index (χ0v) is 12.4. The molecule has 1 aromatic rings. The monoisotopic (exact) mass is 289 g/mol. The van der Waals surface area contributed by atoms with Gasteiger partial charge in [0.1, 0.15) is 11.6 Å². The van der Waals surface area contributed by atoms with Gasteiger partial charge in [0.15, 0.2) is 0 Å². The molecule has 1 aromatic carbocycles. The van der Waals surface area contributed by atoms with Gasteiger partial charge in [0.25, 0.3) is 0 Å². The van der Waals surface area contributed by atoms with Gasteiger partial charge in [0.2, 0.25) is 0 Å². The van der Waals surface area contributed by atoms with Crippen LogP contribution in [0.25, 0.3) is 0 Å². The van der Waals surface area contributed by atoms with Gasteiger partial charge in [-0.3, -0.25) is 0 Å². The van der Waals surface area contributed by atoms with Crippen LogP contribution in [0.2, 0.25) is 0 Å². The Bertz CT molecular complexity index is 389. The first kappa shape index (κ1) is 16.4. The first-order valence-corrected chi connectivity index (χ1v) is 7.37. The van der Waals surface area contributed by atoms with E-state index in [1.165, 1.54) is 12.1 Å². The van der Waals surface area contributed by atoms with E-state index < -0.39 is 11.6 Å². The molecule has 0 saturated heterocycles. The predicted molar refractivity (Wildman–Crippen MR) is 75.3 cm³/mol. The highest BCUT2D eigenvalue weighted by molar-refractivity contribution is 7.99. The molecule has 0 aliphatic carbocycles. The number of aliphatic hydroxyl groups is 1. The third-order valence-electron chi connectivity index (χ3n) is 2.60. The van der Waals surface area contributed by atoms with Crippen molar-refractivity contribution in [2.45, 2.75) is 38.3 Å². The number of thioether (sulfide) groups is 1. The molecule has 2 nitrogen and oxygen atoms in total. The number of nitrogens with one attached hydrogen (secondary N) is 1. The van der Waals surface area contributed by atoms with Crippen molar-refractivity contribution >= 4 is 11.8 Å². The molecular weight excluding hydrogens is 268 g/mol. The summed E-state index contributed by atoms with van der Waals surface area (Å²) >= 11 is 1.11. The summed E-state index contributed by atoms with van der Waals surface area (Å²) in [6, 6.07) is 3.00. The molecule has 0 heterocycles. The minimum atomic E-state index is -0.532. The van der Waals surface area contributed by atoms with Crippen molar-refractivity contribution in [2.75, 3.05) is 12.4 Å². The lowest BCUT2D eigenvalue weighted by molar-refractivity contribution is 0.250. The Morgan fingerprint density at radius 2 is 1.79 bits per heavy atom. The second-order valence-electron chi connectivity index (χ2n) is 5.02. The molecule has 2 N–H and O–H groups in total. The molecule has 0 saturated carbocycles. The van der Waals surface area contributed by atoms with Crippen LogP contribution in [-0.2, 0) is 6.54 Å². The van der Waals surface area contributed by atoms with Crippen molar-refractivity contribution in [3.63, 3.8) is 0 Å². The standard InChI is InChI=1S/C14H21F2NOS/c1-9(2)17-6-11-4-12(15)14(13(16)5-11)19-8-10(3)7-18/h4-5,9-10,17-18H,6-8H2,1-3H3. The molecule has 19 heavy (non-hydrogen) atoms. The molecule has 5 heteroatoms. The van der Waals surface area contributed by atoms with Crippen LogP contribution < -0.4 is 5.32 Å². The Morgan fingerprint density at radius 3 is 2.26 bits per heavy atom. The molecule has 0 spiro atoms. The summed E-state index contributed by atoms with van der Waals surface area (Å²) in [5.41, 5.74) is 0.600. The summed E-state index contributed by atoms with van der Waals surface area (Å²) in [6.07, 6.45) is 0. The molecule has 0 amide bonds. The second-order valence-corrected chi connectivity index (χ2v) is 6.05. The number of hydrogen-bond donors (Lipinski definition) is 2. The molecule has 1 unspecified atom stereocenters. The molecular formula is C14H21F2NOS. The van der Waals surface area contributed by atoms with Gasteiger partial charge in [-0.25, -0.2) is 8.78 Å². The summed E-state index contributed by atoms with van der Waals surface area (Å²) in [5.74, 6) is -0.550. The minimum Gasteiger partial charge on any atom is -0.396 e. The Labute approximate surface area is 117 Å². The summed E-state index contributed by atoms with van der Waals surface area (Å²) in [7, 11) is 0. The van der Waals surface area contributed by atoms with E-state index in [2.05, 4.69) is 5.32 Å². The Balaban J connectivity index is 2.73. The van der Waals surface area contributed by atoms with Crippen molar-refractivity contribution in [1.29, 1.82) is 0 Å². The normalized spacial score (nSPS) is 13.0. The average molecular weight is 289 g/mol. The molecule has 1 atom stereocenters.